The Morgan fingerprint density at radius 3 is 2.42 bits per heavy atom. The van der Waals surface area contributed by atoms with Gasteiger partial charge in [0.2, 0.25) is 0 Å². The Morgan fingerprint density at radius 2 is 1.84 bits per heavy atom. The van der Waals surface area contributed by atoms with Gasteiger partial charge in [0.05, 0.1) is 18.8 Å². The molecule has 5 nitrogen and oxygen atoms in total. The van der Waals surface area contributed by atoms with Crippen LogP contribution < -0.4 is 9.47 Å². The van der Waals surface area contributed by atoms with Gasteiger partial charge in [-0.1, -0.05) is 0 Å². The SMILES string of the molecule is CC(=O)c1ccc(OCC2CO2)cc1OCC1CO1. The molecule has 2 unspecified atom stereocenters. The maximum atomic E-state index is 11.5. The van der Waals surface area contributed by atoms with E-state index in [0.717, 1.165) is 13.2 Å². The number of ketones is 1. The fraction of sp³-hybridized carbons (Fsp3) is 0.500. The molecule has 19 heavy (non-hydrogen) atoms. The Bertz CT molecular complexity index is 477. The zero-order valence-corrected chi connectivity index (χ0v) is 10.8. The Labute approximate surface area is 111 Å². The molecule has 1 aromatic carbocycles. The van der Waals surface area contributed by atoms with Crippen molar-refractivity contribution >= 4 is 5.78 Å². The molecular weight excluding hydrogens is 248 g/mol. The lowest BCUT2D eigenvalue weighted by Crippen LogP contribution is -2.09. The lowest BCUT2D eigenvalue weighted by Gasteiger charge is -2.11. The predicted octanol–water partition coefficient (Wildman–Crippen LogP) is 1.44. The van der Waals surface area contributed by atoms with Gasteiger partial charge in [0, 0.05) is 6.07 Å². The van der Waals surface area contributed by atoms with Crippen LogP contribution in [0.2, 0.25) is 0 Å². The summed E-state index contributed by atoms with van der Waals surface area (Å²) in [6.07, 6.45) is 0.362. The summed E-state index contributed by atoms with van der Waals surface area (Å²) < 4.78 is 21.4. The van der Waals surface area contributed by atoms with E-state index in [-0.39, 0.29) is 18.0 Å². The van der Waals surface area contributed by atoms with Crippen LogP contribution in [0.5, 0.6) is 11.5 Å². The van der Waals surface area contributed by atoms with Gasteiger partial charge in [0.25, 0.3) is 0 Å². The van der Waals surface area contributed by atoms with Crippen LogP contribution in [-0.2, 0) is 9.47 Å². The molecule has 2 aliphatic heterocycles. The van der Waals surface area contributed by atoms with Crippen LogP contribution in [-0.4, -0.2) is 44.4 Å². The van der Waals surface area contributed by atoms with Crippen LogP contribution in [0.25, 0.3) is 0 Å². The van der Waals surface area contributed by atoms with Crippen molar-refractivity contribution in [3.8, 4) is 11.5 Å². The van der Waals surface area contributed by atoms with Crippen LogP contribution in [0.3, 0.4) is 0 Å². The zero-order valence-electron chi connectivity index (χ0n) is 10.8. The molecule has 2 aliphatic rings. The highest BCUT2D eigenvalue weighted by Crippen LogP contribution is 2.27. The molecule has 1 aromatic rings. The number of epoxide rings is 2. The highest BCUT2D eigenvalue weighted by atomic mass is 16.6. The molecule has 2 heterocycles. The molecule has 2 saturated heterocycles. The second kappa shape index (κ2) is 5.19. The van der Waals surface area contributed by atoms with Crippen molar-refractivity contribution in [1.29, 1.82) is 0 Å². The van der Waals surface area contributed by atoms with E-state index in [2.05, 4.69) is 0 Å². The van der Waals surface area contributed by atoms with Gasteiger partial charge in [-0.3, -0.25) is 4.79 Å². The smallest absolute Gasteiger partial charge is 0.163 e. The van der Waals surface area contributed by atoms with Gasteiger partial charge in [-0.2, -0.15) is 0 Å². The van der Waals surface area contributed by atoms with E-state index >= 15 is 0 Å². The summed E-state index contributed by atoms with van der Waals surface area (Å²) in [5.74, 6) is 1.22. The van der Waals surface area contributed by atoms with Crippen molar-refractivity contribution in [1.82, 2.24) is 0 Å². The molecule has 0 amide bonds. The number of carbonyl (C=O) groups excluding carboxylic acids is 1. The second-order valence-corrected chi connectivity index (χ2v) is 4.75. The van der Waals surface area contributed by atoms with Gasteiger partial charge in [-0.05, 0) is 19.1 Å². The Morgan fingerprint density at radius 1 is 1.21 bits per heavy atom. The van der Waals surface area contributed by atoms with Crippen LogP contribution >= 0.6 is 0 Å². The van der Waals surface area contributed by atoms with Crippen molar-refractivity contribution in [3.05, 3.63) is 23.8 Å². The van der Waals surface area contributed by atoms with Crippen molar-refractivity contribution in [2.24, 2.45) is 0 Å². The number of carbonyl (C=O) groups is 1. The molecule has 5 heteroatoms. The third-order valence-electron chi connectivity index (χ3n) is 3.00. The van der Waals surface area contributed by atoms with Gasteiger partial charge >= 0.3 is 0 Å². The maximum Gasteiger partial charge on any atom is 0.163 e. The fourth-order valence-electron chi connectivity index (χ4n) is 1.70. The largest absolute Gasteiger partial charge is 0.491 e. The molecule has 0 saturated carbocycles. The Balaban J connectivity index is 1.69. The van der Waals surface area contributed by atoms with E-state index < -0.39 is 0 Å². The summed E-state index contributed by atoms with van der Waals surface area (Å²) in [6, 6.07) is 5.26. The van der Waals surface area contributed by atoms with Crippen LogP contribution in [0.15, 0.2) is 18.2 Å². The zero-order chi connectivity index (χ0) is 13.2. The lowest BCUT2D eigenvalue weighted by atomic mass is 10.1. The van der Waals surface area contributed by atoms with Crippen LogP contribution in [0.1, 0.15) is 17.3 Å². The van der Waals surface area contributed by atoms with E-state index in [9.17, 15) is 4.79 Å². The molecule has 2 fully saturated rings. The van der Waals surface area contributed by atoms with Gasteiger partial charge in [0.1, 0.15) is 36.9 Å². The predicted molar refractivity (Wildman–Crippen MR) is 66.9 cm³/mol. The molecule has 102 valence electrons. The number of Topliss-reactive ketones (excluding diaryl/α,β-unsaturated/α-hetero) is 1. The van der Waals surface area contributed by atoms with Crippen LogP contribution in [0.4, 0.5) is 0 Å². The number of benzene rings is 1. The molecule has 2 atom stereocenters. The quantitative estimate of drug-likeness (QED) is 0.551. The first-order chi connectivity index (χ1) is 9.22. The number of ether oxygens (including phenoxy) is 4. The monoisotopic (exact) mass is 264 g/mol. The molecule has 0 N–H and O–H groups in total. The first-order valence-electron chi connectivity index (χ1n) is 6.36. The minimum Gasteiger partial charge on any atom is -0.491 e. The topological polar surface area (TPSA) is 60.6 Å². The number of hydrogen-bond acceptors (Lipinski definition) is 5. The molecule has 0 spiro atoms. The van der Waals surface area contributed by atoms with Gasteiger partial charge in [0.15, 0.2) is 5.78 Å². The first-order valence-corrected chi connectivity index (χ1v) is 6.36. The fourth-order valence-corrected chi connectivity index (χ4v) is 1.70. The average Bonchev–Trinajstić information content (AvgIpc) is 3.28. The highest BCUT2D eigenvalue weighted by Gasteiger charge is 2.25. The molecule has 0 radical (unpaired) electrons. The minimum atomic E-state index is -0.0243. The van der Waals surface area contributed by atoms with E-state index in [1.807, 2.05) is 0 Å². The van der Waals surface area contributed by atoms with Gasteiger partial charge in [-0.25, -0.2) is 0 Å². The summed E-state index contributed by atoms with van der Waals surface area (Å²) in [4.78, 5) is 11.5. The van der Waals surface area contributed by atoms with Crippen molar-refractivity contribution in [2.45, 2.75) is 19.1 Å². The van der Waals surface area contributed by atoms with E-state index in [4.69, 9.17) is 18.9 Å². The molecule has 3 rings (SSSR count). The van der Waals surface area contributed by atoms with Gasteiger partial charge < -0.3 is 18.9 Å². The third-order valence-corrected chi connectivity index (χ3v) is 3.00. The van der Waals surface area contributed by atoms with Crippen molar-refractivity contribution < 1.29 is 23.7 Å². The summed E-state index contributed by atoms with van der Waals surface area (Å²) >= 11 is 0. The summed E-state index contributed by atoms with van der Waals surface area (Å²) in [5, 5.41) is 0. The Hall–Kier alpha value is -1.59. The molecular formula is C14H16O5. The van der Waals surface area contributed by atoms with Crippen LogP contribution in [0, 0.1) is 0 Å². The highest BCUT2D eigenvalue weighted by molar-refractivity contribution is 5.97. The maximum absolute atomic E-state index is 11.5. The molecule has 0 aliphatic carbocycles. The summed E-state index contributed by atoms with van der Waals surface area (Å²) in [7, 11) is 0. The van der Waals surface area contributed by atoms with E-state index in [1.54, 1.807) is 18.2 Å². The standard InChI is InChI=1S/C14H16O5/c1-9(15)13-3-2-10(16-5-11-6-17-11)4-14(13)19-8-12-7-18-12/h2-4,11-12H,5-8H2,1H3. The van der Waals surface area contributed by atoms with Crippen molar-refractivity contribution in [2.75, 3.05) is 26.4 Å². The normalized spacial score (nSPS) is 23.8. The number of hydrogen-bond donors (Lipinski definition) is 0. The van der Waals surface area contributed by atoms with E-state index in [0.29, 0.717) is 30.3 Å². The summed E-state index contributed by atoms with van der Waals surface area (Å²) in [6.45, 7) is 4.01. The molecule has 0 bridgehead atoms. The second-order valence-electron chi connectivity index (χ2n) is 4.75. The van der Waals surface area contributed by atoms with Crippen molar-refractivity contribution in [3.63, 3.8) is 0 Å². The average molecular weight is 264 g/mol. The lowest BCUT2D eigenvalue weighted by molar-refractivity contribution is 0.101. The van der Waals surface area contributed by atoms with Gasteiger partial charge in [-0.15, -0.1) is 0 Å². The molecule has 0 aromatic heterocycles. The van der Waals surface area contributed by atoms with E-state index in [1.165, 1.54) is 6.92 Å². The third kappa shape index (κ3) is 3.45. The summed E-state index contributed by atoms with van der Waals surface area (Å²) in [5.41, 5.74) is 0.565. The Kier molecular flexibility index (Phi) is 3.40. The number of rotatable bonds is 7. The first kappa shape index (κ1) is 12.4. The minimum absolute atomic E-state index is 0.0243.